The first-order valence-electron chi connectivity index (χ1n) is 7.81. The molecule has 1 amide bonds. The molecule has 0 saturated heterocycles. The number of halogens is 1. The van der Waals surface area contributed by atoms with Gasteiger partial charge in [-0.05, 0) is 37.3 Å². The van der Waals surface area contributed by atoms with Gasteiger partial charge in [0, 0.05) is 28.9 Å². The van der Waals surface area contributed by atoms with Crippen molar-refractivity contribution in [2.24, 2.45) is 0 Å². The minimum absolute atomic E-state index is 0.0349. The van der Waals surface area contributed by atoms with Crippen LogP contribution in [0.3, 0.4) is 0 Å². The summed E-state index contributed by atoms with van der Waals surface area (Å²) in [4.78, 5) is 34.0. The fourth-order valence-corrected chi connectivity index (χ4v) is 2.70. The van der Waals surface area contributed by atoms with E-state index in [1.807, 2.05) is 0 Å². The Labute approximate surface area is 158 Å². The number of anilines is 1. The van der Waals surface area contributed by atoms with Gasteiger partial charge in [0.05, 0.1) is 9.95 Å². The number of nitrogens with zero attached hydrogens (tertiary/aromatic N) is 1. The molecule has 7 nitrogen and oxygen atoms in total. The third-order valence-corrected chi connectivity index (χ3v) is 4.10. The normalized spacial score (nSPS) is 10.4. The predicted molar refractivity (Wildman–Crippen MR) is 100 cm³/mol. The van der Waals surface area contributed by atoms with Gasteiger partial charge in [-0.25, -0.2) is 0 Å². The van der Waals surface area contributed by atoms with E-state index in [0.717, 1.165) is 0 Å². The van der Waals surface area contributed by atoms with Crippen LogP contribution in [0.2, 0.25) is 5.02 Å². The number of rotatable bonds is 5. The molecule has 1 heterocycles. The van der Waals surface area contributed by atoms with Gasteiger partial charge in [-0.15, -0.1) is 0 Å². The molecule has 8 heteroatoms. The topological polar surface area (TPSA) is 102 Å². The highest BCUT2D eigenvalue weighted by atomic mass is 35.5. The summed E-state index contributed by atoms with van der Waals surface area (Å²) < 4.78 is 5.53. The average molecular weight is 385 g/mol. The Morgan fingerprint density at radius 2 is 1.89 bits per heavy atom. The van der Waals surface area contributed by atoms with Crippen molar-refractivity contribution in [1.29, 1.82) is 0 Å². The van der Waals surface area contributed by atoms with Crippen molar-refractivity contribution >= 4 is 34.7 Å². The number of benzene rings is 2. The first-order valence-corrected chi connectivity index (χ1v) is 8.19. The molecule has 0 spiro atoms. The number of carbonyl (C=O) groups is 2. The molecule has 0 atom stereocenters. The zero-order chi connectivity index (χ0) is 19.6. The highest BCUT2D eigenvalue weighted by Crippen LogP contribution is 2.32. The molecule has 1 N–H and O–H groups in total. The van der Waals surface area contributed by atoms with Gasteiger partial charge in [-0.1, -0.05) is 23.7 Å². The standard InChI is InChI=1S/C19H13ClN2O5/c1-11(23)12-3-2-4-13(9-12)21-19(24)18-8-7-17(27-18)15-6-5-14(22(25)26)10-16(15)20/h2-10H,1H3,(H,21,24). The summed E-state index contributed by atoms with van der Waals surface area (Å²) in [5, 5.41) is 13.6. The van der Waals surface area contributed by atoms with Crippen molar-refractivity contribution in [3.05, 3.63) is 81.1 Å². The number of ketones is 1. The lowest BCUT2D eigenvalue weighted by atomic mass is 10.1. The molecule has 27 heavy (non-hydrogen) atoms. The summed E-state index contributed by atoms with van der Waals surface area (Å²) in [7, 11) is 0. The number of hydrogen-bond acceptors (Lipinski definition) is 5. The summed E-state index contributed by atoms with van der Waals surface area (Å²) in [6.07, 6.45) is 0. The van der Waals surface area contributed by atoms with Crippen molar-refractivity contribution in [3.63, 3.8) is 0 Å². The van der Waals surface area contributed by atoms with Gasteiger partial charge >= 0.3 is 0 Å². The Kier molecular flexibility index (Phi) is 5.05. The number of amides is 1. The molecule has 0 aliphatic rings. The van der Waals surface area contributed by atoms with E-state index in [0.29, 0.717) is 22.6 Å². The predicted octanol–water partition coefficient (Wildman–Crippen LogP) is 4.96. The Morgan fingerprint density at radius 1 is 1.11 bits per heavy atom. The van der Waals surface area contributed by atoms with Crippen LogP contribution in [0.15, 0.2) is 59.0 Å². The largest absolute Gasteiger partial charge is 0.451 e. The second-order valence-electron chi connectivity index (χ2n) is 5.68. The Balaban J connectivity index is 1.81. The molecule has 0 fully saturated rings. The lowest BCUT2D eigenvalue weighted by molar-refractivity contribution is -0.384. The molecule has 3 aromatic rings. The van der Waals surface area contributed by atoms with E-state index in [1.54, 1.807) is 30.3 Å². The maximum absolute atomic E-state index is 12.4. The van der Waals surface area contributed by atoms with E-state index in [9.17, 15) is 19.7 Å². The van der Waals surface area contributed by atoms with Crippen molar-refractivity contribution < 1.29 is 18.9 Å². The van der Waals surface area contributed by atoms with Crippen LogP contribution >= 0.6 is 11.6 Å². The monoisotopic (exact) mass is 384 g/mol. The van der Waals surface area contributed by atoms with E-state index in [2.05, 4.69) is 5.32 Å². The number of non-ortho nitro benzene ring substituents is 1. The van der Waals surface area contributed by atoms with E-state index in [4.69, 9.17) is 16.0 Å². The van der Waals surface area contributed by atoms with E-state index >= 15 is 0 Å². The summed E-state index contributed by atoms with van der Waals surface area (Å²) in [6, 6.07) is 13.5. The zero-order valence-corrected chi connectivity index (χ0v) is 14.8. The number of Topliss-reactive ketones (excluding diaryl/α,β-unsaturated/α-hetero) is 1. The van der Waals surface area contributed by atoms with Crippen LogP contribution in [0.25, 0.3) is 11.3 Å². The van der Waals surface area contributed by atoms with Crippen LogP contribution in [-0.4, -0.2) is 16.6 Å². The quantitative estimate of drug-likeness (QED) is 0.380. The number of furan rings is 1. The third-order valence-electron chi connectivity index (χ3n) is 3.79. The molecule has 1 aromatic heterocycles. The van der Waals surface area contributed by atoms with E-state index < -0.39 is 10.8 Å². The maximum atomic E-state index is 12.4. The van der Waals surface area contributed by atoms with Gasteiger partial charge in [0.2, 0.25) is 0 Å². The van der Waals surface area contributed by atoms with E-state index in [-0.39, 0.29) is 22.3 Å². The second kappa shape index (κ2) is 7.43. The fourth-order valence-electron chi connectivity index (χ4n) is 2.43. The van der Waals surface area contributed by atoms with Gasteiger partial charge in [0.15, 0.2) is 11.5 Å². The summed E-state index contributed by atoms with van der Waals surface area (Å²) in [5.41, 5.74) is 1.23. The number of carbonyl (C=O) groups excluding carboxylic acids is 2. The molecule has 0 aliphatic heterocycles. The molecular weight excluding hydrogens is 372 g/mol. The van der Waals surface area contributed by atoms with Gasteiger partial charge in [0.25, 0.3) is 11.6 Å². The molecule has 136 valence electrons. The second-order valence-corrected chi connectivity index (χ2v) is 6.08. The summed E-state index contributed by atoms with van der Waals surface area (Å²) in [6.45, 7) is 1.44. The number of nitrogens with one attached hydrogen (secondary N) is 1. The SMILES string of the molecule is CC(=O)c1cccc(NC(=O)c2ccc(-c3ccc([N+](=O)[O-])cc3Cl)o2)c1. The first kappa shape index (κ1) is 18.3. The first-order chi connectivity index (χ1) is 12.8. The van der Waals surface area contributed by atoms with Crippen molar-refractivity contribution in [3.8, 4) is 11.3 Å². The molecular formula is C19H13ClN2O5. The van der Waals surface area contributed by atoms with Gasteiger partial charge in [-0.2, -0.15) is 0 Å². The smallest absolute Gasteiger partial charge is 0.291 e. The minimum atomic E-state index is -0.550. The van der Waals surface area contributed by atoms with Crippen LogP contribution in [0.1, 0.15) is 27.8 Å². The Bertz CT molecular complexity index is 1060. The number of nitro groups is 1. The van der Waals surface area contributed by atoms with Crippen LogP contribution < -0.4 is 5.32 Å². The zero-order valence-electron chi connectivity index (χ0n) is 14.1. The molecule has 0 saturated carbocycles. The summed E-state index contributed by atoms with van der Waals surface area (Å²) >= 11 is 6.08. The van der Waals surface area contributed by atoms with Crippen LogP contribution in [0.5, 0.6) is 0 Å². The molecule has 2 aromatic carbocycles. The van der Waals surface area contributed by atoms with Crippen LogP contribution in [-0.2, 0) is 0 Å². The van der Waals surface area contributed by atoms with Gasteiger partial charge in [-0.3, -0.25) is 19.7 Å². The molecule has 3 rings (SSSR count). The molecule has 0 radical (unpaired) electrons. The minimum Gasteiger partial charge on any atom is -0.451 e. The van der Waals surface area contributed by atoms with Crippen LogP contribution in [0.4, 0.5) is 11.4 Å². The highest BCUT2D eigenvalue weighted by molar-refractivity contribution is 6.33. The lowest BCUT2D eigenvalue weighted by Gasteiger charge is -2.05. The average Bonchev–Trinajstić information content (AvgIpc) is 3.11. The molecule has 0 unspecified atom stereocenters. The number of hydrogen-bond donors (Lipinski definition) is 1. The van der Waals surface area contributed by atoms with Crippen molar-refractivity contribution in [1.82, 2.24) is 0 Å². The van der Waals surface area contributed by atoms with Crippen molar-refractivity contribution in [2.75, 3.05) is 5.32 Å². The van der Waals surface area contributed by atoms with Gasteiger partial charge < -0.3 is 9.73 Å². The molecule has 0 aliphatic carbocycles. The number of nitro benzene ring substituents is 1. The highest BCUT2D eigenvalue weighted by Gasteiger charge is 2.16. The fraction of sp³-hybridized carbons (Fsp3) is 0.0526. The Hall–Kier alpha value is -3.45. The molecule has 0 bridgehead atoms. The Morgan fingerprint density at radius 3 is 2.56 bits per heavy atom. The third kappa shape index (κ3) is 4.04. The van der Waals surface area contributed by atoms with E-state index in [1.165, 1.54) is 31.2 Å². The summed E-state index contributed by atoms with van der Waals surface area (Å²) in [5.74, 6) is -0.274. The maximum Gasteiger partial charge on any atom is 0.291 e. The van der Waals surface area contributed by atoms with Crippen molar-refractivity contribution in [2.45, 2.75) is 6.92 Å². The lowest BCUT2D eigenvalue weighted by Crippen LogP contribution is -2.11. The van der Waals surface area contributed by atoms with Crippen LogP contribution in [0, 0.1) is 10.1 Å². The van der Waals surface area contributed by atoms with Gasteiger partial charge in [0.1, 0.15) is 5.76 Å².